The highest BCUT2D eigenvalue weighted by Gasteiger charge is 2.12. The molecule has 0 spiro atoms. The lowest BCUT2D eigenvalue weighted by Crippen LogP contribution is -2.19. The number of phenols is 1. The van der Waals surface area contributed by atoms with Gasteiger partial charge in [-0.2, -0.15) is 0 Å². The standard InChI is InChI=1S/C16H18ClNO/c1-18-11-14(13-3-2-4-15(17)10-13)9-12-5-7-16(19)8-6-12/h2-8,10,14,18-19H,9,11H2,1H3. The van der Waals surface area contributed by atoms with Crippen LogP contribution in [0.25, 0.3) is 0 Å². The maximum absolute atomic E-state index is 9.32. The Morgan fingerprint density at radius 3 is 2.53 bits per heavy atom. The number of phenolic OH excluding ortho intramolecular Hbond substituents is 1. The highest BCUT2D eigenvalue weighted by atomic mass is 35.5. The largest absolute Gasteiger partial charge is 0.508 e. The van der Waals surface area contributed by atoms with Crippen molar-refractivity contribution in [1.82, 2.24) is 5.32 Å². The van der Waals surface area contributed by atoms with Crippen molar-refractivity contribution in [3.05, 3.63) is 64.7 Å². The summed E-state index contributed by atoms with van der Waals surface area (Å²) >= 11 is 6.06. The molecule has 0 aliphatic heterocycles. The topological polar surface area (TPSA) is 32.3 Å². The molecule has 19 heavy (non-hydrogen) atoms. The highest BCUT2D eigenvalue weighted by Crippen LogP contribution is 2.24. The van der Waals surface area contributed by atoms with E-state index >= 15 is 0 Å². The number of likely N-dealkylation sites (N-methyl/N-ethyl adjacent to an activating group) is 1. The molecular weight excluding hydrogens is 258 g/mol. The average Bonchev–Trinajstić information content (AvgIpc) is 2.41. The minimum Gasteiger partial charge on any atom is -0.508 e. The molecule has 0 radical (unpaired) electrons. The fraction of sp³-hybridized carbons (Fsp3) is 0.250. The lowest BCUT2D eigenvalue weighted by Gasteiger charge is -2.17. The van der Waals surface area contributed by atoms with Crippen LogP contribution in [-0.2, 0) is 6.42 Å². The van der Waals surface area contributed by atoms with E-state index in [1.54, 1.807) is 12.1 Å². The third-order valence-electron chi connectivity index (χ3n) is 3.19. The zero-order valence-electron chi connectivity index (χ0n) is 10.9. The van der Waals surface area contributed by atoms with Gasteiger partial charge >= 0.3 is 0 Å². The molecule has 0 saturated carbocycles. The Hall–Kier alpha value is -1.51. The van der Waals surface area contributed by atoms with E-state index in [9.17, 15) is 5.11 Å². The second-order valence-electron chi connectivity index (χ2n) is 4.68. The van der Waals surface area contributed by atoms with Crippen LogP contribution < -0.4 is 5.32 Å². The van der Waals surface area contributed by atoms with E-state index in [1.165, 1.54) is 11.1 Å². The van der Waals surface area contributed by atoms with Crippen molar-refractivity contribution in [2.45, 2.75) is 12.3 Å². The summed E-state index contributed by atoms with van der Waals surface area (Å²) in [4.78, 5) is 0. The Morgan fingerprint density at radius 2 is 1.89 bits per heavy atom. The Morgan fingerprint density at radius 1 is 1.16 bits per heavy atom. The van der Waals surface area contributed by atoms with Gasteiger partial charge in [-0.15, -0.1) is 0 Å². The Labute approximate surface area is 119 Å². The molecule has 0 amide bonds. The van der Waals surface area contributed by atoms with Crippen LogP contribution in [-0.4, -0.2) is 18.7 Å². The molecule has 1 unspecified atom stereocenters. The summed E-state index contributed by atoms with van der Waals surface area (Å²) in [7, 11) is 1.95. The van der Waals surface area contributed by atoms with Crippen LogP contribution in [0, 0.1) is 0 Å². The average molecular weight is 276 g/mol. The van der Waals surface area contributed by atoms with Crippen LogP contribution in [0.5, 0.6) is 5.75 Å². The first-order valence-electron chi connectivity index (χ1n) is 6.37. The molecule has 3 heteroatoms. The lowest BCUT2D eigenvalue weighted by atomic mass is 9.92. The normalized spacial score (nSPS) is 12.3. The van der Waals surface area contributed by atoms with Gasteiger partial charge in [0.15, 0.2) is 0 Å². The number of halogens is 1. The zero-order chi connectivity index (χ0) is 13.7. The van der Waals surface area contributed by atoms with Gasteiger partial charge in [-0.3, -0.25) is 0 Å². The summed E-state index contributed by atoms with van der Waals surface area (Å²) in [6.07, 6.45) is 0.918. The quantitative estimate of drug-likeness (QED) is 0.874. The van der Waals surface area contributed by atoms with Gasteiger partial charge in [0.2, 0.25) is 0 Å². The molecule has 2 nitrogen and oxygen atoms in total. The van der Waals surface area contributed by atoms with Crippen molar-refractivity contribution in [2.75, 3.05) is 13.6 Å². The molecule has 0 fully saturated rings. The third kappa shape index (κ3) is 3.98. The van der Waals surface area contributed by atoms with E-state index in [0.29, 0.717) is 11.7 Å². The first-order valence-corrected chi connectivity index (χ1v) is 6.75. The Balaban J connectivity index is 2.18. The second-order valence-corrected chi connectivity index (χ2v) is 5.12. The van der Waals surface area contributed by atoms with Gasteiger partial charge < -0.3 is 10.4 Å². The lowest BCUT2D eigenvalue weighted by molar-refractivity contribution is 0.475. The zero-order valence-corrected chi connectivity index (χ0v) is 11.7. The maximum atomic E-state index is 9.32. The molecule has 0 heterocycles. The summed E-state index contributed by atoms with van der Waals surface area (Å²) < 4.78 is 0. The van der Waals surface area contributed by atoms with Gasteiger partial charge in [-0.25, -0.2) is 0 Å². The van der Waals surface area contributed by atoms with Crippen LogP contribution in [0.3, 0.4) is 0 Å². The summed E-state index contributed by atoms with van der Waals surface area (Å²) in [6, 6.07) is 15.4. The van der Waals surface area contributed by atoms with Crippen LogP contribution in [0.15, 0.2) is 48.5 Å². The van der Waals surface area contributed by atoms with Gasteiger partial charge in [-0.1, -0.05) is 35.9 Å². The van der Waals surface area contributed by atoms with E-state index in [2.05, 4.69) is 11.4 Å². The summed E-state index contributed by atoms with van der Waals surface area (Å²) in [6.45, 7) is 0.890. The minimum absolute atomic E-state index is 0.302. The third-order valence-corrected chi connectivity index (χ3v) is 3.42. The molecule has 2 aromatic rings. The number of nitrogens with one attached hydrogen (secondary N) is 1. The predicted molar refractivity (Wildman–Crippen MR) is 79.9 cm³/mol. The molecule has 0 aliphatic rings. The van der Waals surface area contributed by atoms with Crippen LogP contribution in [0.4, 0.5) is 0 Å². The molecular formula is C16H18ClNO. The number of rotatable bonds is 5. The molecule has 2 N–H and O–H groups in total. The predicted octanol–water partition coefficient (Wildman–Crippen LogP) is 3.59. The van der Waals surface area contributed by atoms with Crippen molar-refractivity contribution < 1.29 is 5.11 Å². The minimum atomic E-state index is 0.302. The number of hydrogen-bond acceptors (Lipinski definition) is 2. The van der Waals surface area contributed by atoms with E-state index in [-0.39, 0.29) is 0 Å². The monoisotopic (exact) mass is 275 g/mol. The second kappa shape index (κ2) is 6.60. The molecule has 0 aliphatic carbocycles. The summed E-state index contributed by atoms with van der Waals surface area (Å²) in [5.74, 6) is 0.671. The number of aromatic hydroxyl groups is 1. The SMILES string of the molecule is CNCC(Cc1ccc(O)cc1)c1cccc(Cl)c1. The first-order chi connectivity index (χ1) is 9.19. The van der Waals surface area contributed by atoms with Gasteiger partial charge in [0.1, 0.15) is 5.75 Å². The van der Waals surface area contributed by atoms with E-state index in [1.807, 2.05) is 37.4 Å². The van der Waals surface area contributed by atoms with Crippen LogP contribution >= 0.6 is 11.6 Å². The molecule has 1 atom stereocenters. The smallest absolute Gasteiger partial charge is 0.115 e. The molecule has 2 aromatic carbocycles. The van der Waals surface area contributed by atoms with Crippen molar-refractivity contribution in [3.63, 3.8) is 0 Å². The summed E-state index contributed by atoms with van der Waals surface area (Å²) in [5.41, 5.74) is 2.44. The summed E-state index contributed by atoms with van der Waals surface area (Å²) in [5, 5.41) is 13.3. The van der Waals surface area contributed by atoms with Crippen molar-refractivity contribution in [2.24, 2.45) is 0 Å². The Bertz CT molecular complexity index is 525. The van der Waals surface area contributed by atoms with Crippen molar-refractivity contribution >= 4 is 11.6 Å². The van der Waals surface area contributed by atoms with Gasteiger partial charge in [0, 0.05) is 17.5 Å². The van der Waals surface area contributed by atoms with E-state index < -0.39 is 0 Å². The molecule has 0 aromatic heterocycles. The molecule has 100 valence electrons. The Kier molecular flexibility index (Phi) is 4.83. The molecule has 0 bridgehead atoms. The van der Waals surface area contributed by atoms with Crippen LogP contribution in [0.2, 0.25) is 5.02 Å². The van der Waals surface area contributed by atoms with Crippen molar-refractivity contribution in [3.8, 4) is 5.75 Å². The number of hydrogen-bond donors (Lipinski definition) is 2. The van der Waals surface area contributed by atoms with Gasteiger partial charge in [0.05, 0.1) is 0 Å². The van der Waals surface area contributed by atoms with Gasteiger partial charge in [-0.05, 0) is 48.9 Å². The van der Waals surface area contributed by atoms with E-state index in [4.69, 9.17) is 11.6 Å². The van der Waals surface area contributed by atoms with Crippen molar-refractivity contribution in [1.29, 1.82) is 0 Å². The molecule has 2 rings (SSSR count). The number of benzene rings is 2. The fourth-order valence-electron chi connectivity index (χ4n) is 2.23. The van der Waals surface area contributed by atoms with Crippen LogP contribution in [0.1, 0.15) is 17.0 Å². The maximum Gasteiger partial charge on any atom is 0.115 e. The van der Waals surface area contributed by atoms with E-state index in [0.717, 1.165) is 18.0 Å². The fourth-order valence-corrected chi connectivity index (χ4v) is 2.43. The van der Waals surface area contributed by atoms with Gasteiger partial charge in [0.25, 0.3) is 0 Å². The first kappa shape index (κ1) is 13.9. The highest BCUT2D eigenvalue weighted by molar-refractivity contribution is 6.30. The molecule has 0 saturated heterocycles.